The summed E-state index contributed by atoms with van der Waals surface area (Å²) in [5.74, 6) is -0.247. The van der Waals surface area contributed by atoms with Crippen LogP contribution in [0.1, 0.15) is 59.7 Å². The number of aryl methyl sites for hydroxylation is 2. The largest absolute Gasteiger partial charge is 0.465 e. The highest BCUT2D eigenvalue weighted by Gasteiger charge is 2.57. The van der Waals surface area contributed by atoms with Crippen molar-refractivity contribution in [2.45, 2.75) is 77.9 Å². The first-order valence-electron chi connectivity index (χ1n) is 14.6. The quantitative estimate of drug-likeness (QED) is 0.132. The second kappa shape index (κ2) is 13.7. The zero-order chi connectivity index (χ0) is 34.7. The van der Waals surface area contributed by atoms with E-state index in [9.17, 15) is 33.0 Å². The molecular weight excluding hydrogens is 631 g/mol. The fourth-order valence-electron chi connectivity index (χ4n) is 5.99. The average Bonchev–Trinajstić information content (AvgIpc) is 3.30. The van der Waals surface area contributed by atoms with E-state index in [1.54, 1.807) is 24.3 Å². The zero-order valence-corrected chi connectivity index (χ0v) is 28.9. The Kier molecular flexibility index (Phi) is 10.8. The second-order valence-corrected chi connectivity index (χ2v) is 16.2. The van der Waals surface area contributed by atoms with E-state index in [0.717, 1.165) is 28.0 Å². The zero-order valence-electron chi connectivity index (χ0n) is 27.3. The standard InChI is InChI=1S/C32H43N5O7S2/c1-19(38)33-27-34-24(25(45-27)21-12-16-23(17-13-21)46(8,43)44)18-11-20-9-14-22(15-10-20)37-32(30(2,3)4,31(5,6)7)26(35-28(39)40)36-29(41)42/h9-10,12-17,26,35-37H,11,18H2,1-8H3,(H,39,40)(H,41,42)(H,33,34,38). The predicted molar refractivity (Wildman–Crippen MR) is 180 cm³/mol. The summed E-state index contributed by atoms with van der Waals surface area (Å²) in [5, 5.41) is 30.7. The summed E-state index contributed by atoms with van der Waals surface area (Å²) < 4.78 is 23.9. The summed E-state index contributed by atoms with van der Waals surface area (Å²) in [6, 6.07) is 14.2. The van der Waals surface area contributed by atoms with E-state index in [1.807, 2.05) is 65.8 Å². The Bertz CT molecular complexity index is 1640. The molecule has 3 amide bonds. The number of nitrogens with zero attached hydrogens (tertiary/aromatic N) is 1. The van der Waals surface area contributed by atoms with Crippen molar-refractivity contribution in [1.82, 2.24) is 15.6 Å². The van der Waals surface area contributed by atoms with Gasteiger partial charge >= 0.3 is 12.2 Å². The Labute approximate surface area is 274 Å². The highest BCUT2D eigenvalue weighted by molar-refractivity contribution is 7.90. The van der Waals surface area contributed by atoms with Crippen molar-refractivity contribution in [3.63, 3.8) is 0 Å². The number of carbonyl (C=O) groups excluding carboxylic acids is 1. The molecule has 0 fully saturated rings. The fraction of sp³-hybridized carbons (Fsp3) is 0.438. The van der Waals surface area contributed by atoms with Gasteiger partial charge in [0.05, 0.1) is 21.0 Å². The van der Waals surface area contributed by atoms with Crippen LogP contribution in [0.15, 0.2) is 53.4 Å². The first-order chi connectivity index (χ1) is 21.1. The molecule has 1 heterocycles. The van der Waals surface area contributed by atoms with Crippen LogP contribution in [0.2, 0.25) is 0 Å². The lowest BCUT2D eigenvalue weighted by Gasteiger charge is -2.57. The van der Waals surface area contributed by atoms with Crippen molar-refractivity contribution in [3.8, 4) is 10.4 Å². The van der Waals surface area contributed by atoms with Gasteiger partial charge in [0.15, 0.2) is 15.0 Å². The molecular formula is C32H43N5O7S2. The topological polar surface area (TPSA) is 187 Å². The number of carboxylic acid groups (broad SMARTS) is 2. The monoisotopic (exact) mass is 673 g/mol. The summed E-state index contributed by atoms with van der Waals surface area (Å²) in [6.45, 7) is 13.0. The van der Waals surface area contributed by atoms with Crippen molar-refractivity contribution in [2.75, 3.05) is 16.9 Å². The number of amides is 3. The van der Waals surface area contributed by atoms with E-state index in [2.05, 4.69) is 26.3 Å². The molecule has 0 aliphatic rings. The van der Waals surface area contributed by atoms with Crippen molar-refractivity contribution < 1.29 is 33.0 Å². The van der Waals surface area contributed by atoms with E-state index < -0.39 is 44.6 Å². The van der Waals surface area contributed by atoms with Crippen molar-refractivity contribution >= 4 is 50.1 Å². The molecule has 0 unspecified atom stereocenters. The number of sulfone groups is 1. The molecule has 3 rings (SSSR count). The molecule has 0 spiro atoms. The Morgan fingerprint density at radius 1 is 0.848 bits per heavy atom. The van der Waals surface area contributed by atoms with Gasteiger partial charge < -0.3 is 20.8 Å². The van der Waals surface area contributed by atoms with E-state index in [0.29, 0.717) is 23.7 Å². The van der Waals surface area contributed by atoms with Gasteiger partial charge in [0, 0.05) is 18.9 Å². The summed E-state index contributed by atoms with van der Waals surface area (Å²) >= 11 is 1.32. The fourth-order valence-corrected chi connectivity index (χ4v) is 7.68. The van der Waals surface area contributed by atoms with E-state index in [4.69, 9.17) is 0 Å². The Hall–Kier alpha value is -4.17. The highest BCUT2D eigenvalue weighted by Crippen LogP contribution is 2.48. The molecule has 1 aromatic heterocycles. The molecule has 12 nitrogen and oxygen atoms in total. The number of benzene rings is 2. The minimum Gasteiger partial charge on any atom is -0.465 e. The third-order valence-corrected chi connectivity index (χ3v) is 10.00. The lowest BCUT2D eigenvalue weighted by molar-refractivity contribution is -0.114. The number of anilines is 2. The maximum absolute atomic E-state index is 11.9. The number of hydrogen-bond donors (Lipinski definition) is 6. The number of rotatable bonds is 11. The van der Waals surface area contributed by atoms with Crippen molar-refractivity contribution in [2.24, 2.45) is 10.8 Å². The number of aromatic nitrogens is 1. The molecule has 0 bridgehead atoms. The molecule has 0 atom stereocenters. The van der Waals surface area contributed by atoms with Crippen LogP contribution in [-0.4, -0.2) is 59.7 Å². The Balaban J connectivity index is 1.92. The van der Waals surface area contributed by atoms with Gasteiger partial charge in [-0.1, -0.05) is 77.1 Å². The number of thiazole rings is 1. The molecule has 0 aliphatic heterocycles. The van der Waals surface area contributed by atoms with Gasteiger partial charge in [-0.15, -0.1) is 0 Å². The highest BCUT2D eigenvalue weighted by atomic mass is 32.2. The van der Waals surface area contributed by atoms with Crippen LogP contribution in [0.25, 0.3) is 10.4 Å². The summed E-state index contributed by atoms with van der Waals surface area (Å²) in [4.78, 5) is 41.0. The van der Waals surface area contributed by atoms with Crippen LogP contribution < -0.4 is 21.3 Å². The van der Waals surface area contributed by atoms with Crippen LogP contribution in [0, 0.1) is 10.8 Å². The minimum atomic E-state index is -3.35. The number of carbonyl (C=O) groups is 3. The molecule has 250 valence electrons. The van der Waals surface area contributed by atoms with Crippen LogP contribution in [0.4, 0.5) is 20.4 Å². The molecule has 3 aromatic rings. The van der Waals surface area contributed by atoms with Crippen LogP contribution in [0.5, 0.6) is 0 Å². The van der Waals surface area contributed by atoms with E-state index in [-0.39, 0.29) is 10.8 Å². The number of nitrogens with one attached hydrogen (secondary N) is 4. The van der Waals surface area contributed by atoms with Crippen LogP contribution in [-0.2, 0) is 27.5 Å². The lowest BCUT2D eigenvalue weighted by Crippen LogP contribution is -2.74. The van der Waals surface area contributed by atoms with Gasteiger partial charge in [0.2, 0.25) is 5.91 Å². The first-order valence-corrected chi connectivity index (χ1v) is 17.3. The Morgan fingerprint density at radius 2 is 1.37 bits per heavy atom. The SMILES string of the molecule is CC(=O)Nc1nc(CCc2ccc(NC(C(NC(=O)O)NC(=O)O)(C(C)(C)C)C(C)(C)C)cc2)c(-c2ccc(S(C)(=O)=O)cc2)s1. The van der Waals surface area contributed by atoms with Gasteiger partial charge in [0.25, 0.3) is 0 Å². The van der Waals surface area contributed by atoms with Gasteiger partial charge in [-0.3, -0.25) is 15.4 Å². The Morgan fingerprint density at radius 3 is 1.80 bits per heavy atom. The van der Waals surface area contributed by atoms with Crippen molar-refractivity contribution in [3.05, 3.63) is 59.8 Å². The van der Waals surface area contributed by atoms with Gasteiger partial charge in [0.1, 0.15) is 6.17 Å². The number of hydrogen-bond acceptors (Lipinski definition) is 8. The first kappa shape index (κ1) is 36.3. The normalized spacial score (nSPS) is 12.5. The van der Waals surface area contributed by atoms with E-state index >= 15 is 0 Å². The third kappa shape index (κ3) is 8.55. The molecule has 0 saturated carbocycles. The molecule has 0 saturated heterocycles. The van der Waals surface area contributed by atoms with Gasteiger partial charge in [-0.05, 0) is 59.1 Å². The third-order valence-electron chi connectivity index (χ3n) is 7.81. The van der Waals surface area contributed by atoms with Gasteiger partial charge in [-0.2, -0.15) is 0 Å². The molecule has 2 aromatic carbocycles. The lowest BCUT2D eigenvalue weighted by atomic mass is 9.58. The van der Waals surface area contributed by atoms with Crippen LogP contribution >= 0.6 is 11.3 Å². The van der Waals surface area contributed by atoms with Gasteiger partial charge in [-0.25, -0.2) is 23.0 Å². The van der Waals surface area contributed by atoms with Crippen LogP contribution in [0.3, 0.4) is 0 Å². The van der Waals surface area contributed by atoms with E-state index in [1.165, 1.54) is 18.3 Å². The molecule has 46 heavy (non-hydrogen) atoms. The summed E-state index contributed by atoms with van der Waals surface area (Å²) in [5.41, 5.74) is 0.782. The maximum atomic E-state index is 11.9. The molecule has 14 heteroatoms. The summed E-state index contributed by atoms with van der Waals surface area (Å²) in [6.07, 6.45) is -1.63. The molecule has 0 aliphatic carbocycles. The molecule has 6 N–H and O–H groups in total. The summed E-state index contributed by atoms with van der Waals surface area (Å²) in [7, 11) is -3.35. The molecule has 0 radical (unpaired) electrons. The average molecular weight is 674 g/mol. The second-order valence-electron chi connectivity index (χ2n) is 13.2. The smallest absolute Gasteiger partial charge is 0.406 e. The minimum absolute atomic E-state index is 0.212. The predicted octanol–water partition coefficient (Wildman–Crippen LogP) is 6.06. The maximum Gasteiger partial charge on any atom is 0.406 e. The van der Waals surface area contributed by atoms with Crippen molar-refractivity contribution in [1.29, 1.82) is 0 Å².